The lowest BCUT2D eigenvalue weighted by atomic mass is 9.91. The largest absolute Gasteiger partial charge is 0.491 e. The van der Waals surface area contributed by atoms with Gasteiger partial charge in [-0.05, 0) is 49.5 Å². The number of ether oxygens (including phenoxy) is 1. The smallest absolute Gasteiger partial charge is 0.303 e. The van der Waals surface area contributed by atoms with Gasteiger partial charge in [0.05, 0.1) is 0 Å². The molecule has 5 nitrogen and oxygen atoms in total. The van der Waals surface area contributed by atoms with E-state index in [0.717, 1.165) is 0 Å². The van der Waals surface area contributed by atoms with Crippen LogP contribution in [0.2, 0.25) is 5.02 Å². The number of allylic oxidation sites excluding steroid dienone is 5. The summed E-state index contributed by atoms with van der Waals surface area (Å²) in [6.45, 7) is 0.0688. The summed E-state index contributed by atoms with van der Waals surface area (Å²) in [6, 6.07) is 6.93. The summed E-state index contributed by atoms with van der Waals surface area (Å²) >= 11 is 5.89. The maximum absolute atomic E-state index is 12.1. The van der Waals surface area contributed by atoms with Gasteiger partial charge in [0.15, 0.2) is 5.78 Å². The minimum Gasteiger partial charge on any atom is -0.491 e. The Bertz CT molecular complexity index is 753. The third-order valence-electron chi connectivity index (χ3n) is 4.39. The highest BCUT2D eigenvalue weighted by atomic mass is 35.5. The van der Waals surface area contributed by atoms with E-state index in [1.165, 1.54) is 0 Å². The first kappa shape index (κ1) is 21.9. The van der Waals surface area contributed by atoms with Crippen LogP contribution in [0.4, 0.5) is 0 Å². The highest BCUT2D eigenvalue weighted by Gasteiger charge is 2.26. The fraction of sp³-hybridized carbons (Fsp3) is 0.364. The van der Waals surface area contributed by atoms with Crippen molar-refractivity contribution in [2.24, 2.45) is 11.8 Å². The van der Waals surface area contributed by atoms with Crippen LogP contribution >= 0.6 is 11.6 Å². The van der Waals surface area contributed by atoms with Gasteiger partial charge in [-0.25, -0.2) is 0 Å². The minimum atomic E-state index is -0.834. The second kappa shape index (κ2) is 11.5. The molecular formula is C22H25ClO5. The number of carbonyl (C=O) groups is 2. The Morgan fingerprint density at radius 2 is 2.14 bits per heavy atom. The molecule has 1 unspecified atom stereocenters. The highest BCUT2D eigenvalue weighted by molar-refractivity contribution is 6.30. The molecule has 2 rings (SSSR count). The Morgan fingerprint density at radius 1 is 1.32 bits per heavy atom. The van der Waals surface area contributed by atoms with Crippen molar-refractivity contribution in [3.8, 4) is 5.75 Å². The number of hydrogen-bond donors (Lipinski definition) is 2. The minimum absolute atomic E-state index is 0.0171. The van der Waals surface area contributed by atoms with Crippen LogP contribution in [0.15, 0.2) is 60.7 Å². The summed E-state index contributed by atoms with van der Waals surface area (Å²) in [6.07, 6.45) is 12.0. The molecule has 3 atom stereocenters. The van der Waals surface area contributed by atoms with Crippen molar-refractivity contribution >= 4 is 23.4 Å². The SMILES string of the molecule is O=C(O)CCCC=CC[C@H]1C=CC(=O)[C@@H]1C=CC(O)COc1cccc(Cl)c1. The zero-order chi connectivity index (χ0) is 20.4. The van der Waals surface area contributed by atoms with Crippen LogP contribution in [0.5, 0.6) is 5.75 Å². The van der Waals surface area contributed by atoms with Gasteiger partial charge in [-0.1, -0.05) is 48.0 Å². The molecule has 0 heterocycles. The number of ketones is 1. The predicted molar refractivity (Wildman–Crippen MR) is 108 cm³/mol. The molecule has 0 spiro atoms. The van der Waals surface area contributed by atoms with Crippen LogP contribution in [0.3, 0.4) is 0 Å². The first-order chi connectivity index (χ1) is 13.5. The van der Waals surface area contributed by atoms with Crippen LogP contribution in [0, 0.1) is 11.8 Å². The molecule has 0 bridgehead atoms. The number of rotatable bonds is 11. The zero-order valence-corrected chi connectivity index (χ0v) is 16.3. The van der Waals surface area contributed by atoms with Crippen LogP contribution in [0.25, 0.3) is 0 Å². The van der Waals surface area contributed by atoms with E-state index < -0.39 is 12.1 Å². The lowest BCUT2D eigenvalue weighted by molar-refractivity contribution is -0.137. The summed E-state index contributed by atoms with van der Waals surface area (Å²) in [5.41, 5.74) is 0. The van der Waals surface area contributed by atoms with Crippen LogP contribution < -0.4 is 4.74 Å². The van der Waals surface area contributed by atoms with Gasteiger partial charge in [-0.2, -0.15) is 0 Å². The molecule has 150 valence electrons. The standard InChI is InChI=1S/C22H25ClO5/c23-17-7-5-8-19(14-17)28-15-18(24)11-12-20-16(10-13-21(20)25)6-3-1-2-4-9-22(26)27/h1,3,5,7-8,10-14,16,18,20,24H,2,4,6,9,15H2,(H,26,27)/t16-,18?,20+/m0/s1. The van der Waals surface area contributed by atoms with Crippen molar-refractivity contribution in [3.05, 3.63) is 65.7 Å². The molecule has 28 heavy (non-hydrogen) atoms. The summed E-state index contributed by atoms with van der Waals surface area (Å²) < 4.78 is 5.50. The van der Waals surface area contributed by atoms with Gasteiger partial charge in [0.2, 0.25) is 0 Å². The first-order valence-electron chi connectivity index (χ1n) is 9.29. The normalized spacial score (nSPS) is 20.3. The van der Waals surface area contributed by atoms with E-state index in [4.69, 9.17) is 21.4 Å². The Kier molecular flexibility index (Phi) is 8.98. The van der Waals surface area contributed by atoms with E-state index >= 15 is 0 Å². The van der Waals surface area contributed by atoms with Gasteiger partial charge >= 0.3 is 5.97 Å². The lowest BCUT2D eigenvalue weighted by Gasteiger charge is -2.14. The molecule has 0 aliphatic heterocycles. The summed E-state index contributed by atoms with van der Waals surface area (Å²) in [4.78, 5) is 22.5. The van der Waals surface area contributed by atoms with Crippen molar-refractivity contribution < 1.29 is 24.5 Å². The quantitative estimate of drug-likeness (QED) is 0.426. The van der Waals surface area contributed by atoms with Gasteiger partial charge in [-0.15, -0.1) is 0 Å². The average Bonchev–Trinajstić information content (AvgIpc) is 3.00. The zero-order valence-electron chi connectivity index (χ0n) is 15.5. The lowest BCUT2D eigenvalue weighted by Crippen LogP contribution is -2.17. The van der Waals surface area contributed by atoms with E-state index in [-0.39, 0.29) is 30.6 Å². The number of aliphatic hydroxyl groups is 1. The number of carbonyl (C=O) groups excluding carboxylic acids is 1. The summed E-state index contributed by atoms with van der Waals surface area (Å²) in [7, 11) is 0. The average molecular weight is 405 g/mol. The monoisotopic (exact) mass is 404 g/mol. The maximum Gasteiger partial charge on any atom is 0.303 e. The van der Waals surface area contributed by atoms with Crippen LogP contribution in [-0.4, -0.2) is 34.7 Å². The highest BCUT2D eigenvalue weighted by Crippen LogP contribution is 2.27. The Balaban J connectivity index is 1.78. The molecule has 6 heteroatoms. The second-order valence-corrected chi connectivity index (χ2v) is 7.10. The van der Waals surface area contributed by atoms with Gasteiger partial charge in [0.25, 0.3) is 0 Å². The fourth-order valence-electron chi connectivity index (χ4n) is 2.91. The topological polar surface area (TPSA) is 83.8 Å². The van der Waals surface area contributed by atoms with Crippen molar-refractivity contribution in [3.63, 3.8) is 0 Å². The number of unbranched alkanes of at least 4 members (excludes halogenated alkanes) is 1. The number of hydrogen-bond acceptors (Lipinski definition) is 4. The number of benzene rings is 1. The van der Waals surface area contributed by atoms with E-state index in [0.29, 0.717) is 30.0 Å². The molecule has 1 aromatic rings. The van der Waals surface area contributed by atoms with E-state index in [1.807, 2.05) is 18.2 Å². The Morgan fingerprint density at radius 3 is 2.89 bits per heavy atom. The van der Waals surface area contributed by atoms with Crippen LogP contribution in [0.1, 0.15) is 25.7 Å². The van der Waals surface area contributed by atoms with Gasteiger partial charge in [0.1, 0.15) is 18.5 Å². The van der Waals surface area contributed by atoms with Crippen molar-refractivity contribution in [1.29, 1.82) is 0 Å². The van der Waals surface area contributed by atoms with E-state index in [1.54, 1.807) is 42.5 Å². The molecule has 0 saturated carbocycles. The van der Waals surface area contributed by atoms with Crippen molar-refractivity contribution in [2.45, 2.75) is 31.8 Å². The molecule has 0 fully saturated rings. The molecule has 0 amide bonds. The molecule has 1 aliphatic rings. The fourth-order valence-corrected chi connectivity index (χ4v) is 3.09. The molecule has 0 aromatic heterocycles. The van der Waals surface area contributed by atoms with Gasteiger partial charge in [0, 0.05) is 17.4 Å². The molecule has 2 N–H and O–H groups in total. The van der Waals surface area contributed by atoms with E-state index in [2.05, 4.69) is 0 Å². The Hall–Kier alpha value is -2.37. The maximum atomic E-state index is 12.1. The van der Waals surface area contributed by atoms with Gasteiger partial charge < -0.3 is 14.9 Å². The Labute approximate surface area is 170 Å². The summed E-state index contributed by atoms with van der Waals surface area (Å²) in [5.74, 6) is -0.459. The second-order valence-electron chi connectivity index (χ2n) is 6.66. The number of aliphatic carboxylic acids is 1. The van der Waals surface area contributed by atoms with Crippen LogP contribution in [-0.2, 0) is 9.59 Å². The van der Waals surface area contributed by atoms with Crippen molar-refractivity contribution in [1.82, 2.24) is 0 Å². The van der Waals surface area contributed by atoms with Gasteiger partial charge in [-0.3, -0.25) is 9.59 Å². The number of carboxylic acid groups (broad SMARTS) is 1. The number of aliphatic hydroxyl groups excluding tert-OH is 1. The predicted octanol–water partition coefficient (Wildman–Crippen LogP) is 4.21. The van der Waals surface area contributed by atoms with Crippen molar-refractivity contribution in [2.75, 3.05) is 6.61 Å². The molecule has 1 aromatic carbocycles. The third kappa shape index (κ3) is 7.71. The molecule has 0 radical (unpaired) electrons. The molecule has 1 aliphatic carbocycles. The molecule has 0 saturated heterocycles. The van der Waals surface area contributed by atoms with E-state index in [9.17, 15) is 14.7 Å². The third-order valence-corrected chi connectivity index (χ3v) is 4.63. The molecular weight excluding hydrogens is 380 g/mol. The first-order valence-corrected chi connectivity index (χ1v) is 9.67. The number of carboxylic acids is 1. The number of halogens is 1. The summed E-state index contributed by atoms with van der Waals surface area (Å²) in [5, 5.41) is 19.3.